The summed E-state index contributed by atoms with van der Waals surface area (Å²) in [5, 5.41) is 0.781. The predicted octanol–water partition coefficient (Wildman–Crippen LogP) is 3.79. The van der Waals surface area contributed by atoms with Crippen molar-refractivity contribution in [3.8, 4) is 0 Å². The van der Waals surface area contributed by atoms with Gasteiger partial charge in [-0.1, -0.05) is 41.9 Å². The number of aromatic nitrogens is 2. The van der Waals surface area contributed by atoms with Gasteiger partial charge in [0, 0.05) is 37.1 Å². The summed E-state index contributed by atoms with van der Waals surface area (Å²) in [6, 6.07) is 16.3. The van der Waals surface area contributed by atoms with E-state index >= 15 is 0 Å². The molecule has 0 spiro atoms. The van der Waals surface area contributed by atoms with Crippen LogP contribution in [0.5, 0.6) is 0 Å². The summed E-state index contributed by atoms with van der Waals surface area (Å²) in [7, 11) is 0. The van der Waals surface area contributed by atoms with E-state index in [0.29, 0.717) is 18.4 Å². The van der Waals surface area contributed by atoms with E-state index in [-0.39, 0.29) is 0 Å². The third-order valence-corrected chi connectivity index (χ3v) is 6.36. The number of hydrogen-bond donors (Lipinski definition) is 0. The normalized spacial score (nSPS) is 17.8. The van der Waals surface area contributed by atoms with Crippen molar-refractivity contribution in [2.75, 3.05) is 26.2 Å². The van der Waals surface area contributed by atoms with Crippen LogP contribution in [0.4, 0.5) is 0 Å². The molecule has 0 N–H and O–H groups in total. The zero-order chi connectivity index (χ0) is 19.8. The third-order valence-electron chi connectivity index (χ3n) is 6.00. The van der Waals surface area contributed by atoms with Crippen LogP contribution in [0.2, 0.25) is 5.02 Å². The van der Waals surface area contributed by atoms with Gasteiger partial charge < -0.3 is 9.47 Å². The number of nitrogens with zero attached hydrogens (tertiary/aromatic N) is 4. The third kappa shape index (κ3) is 3.89. The number of rotatable bonds is 5. The molecule has 5 rings (SSSR count). The highest BCUT2D eigenvalue weighted by molar-refractivity contribution is 6.31. The molecule has 1 aliphatic carbocycles. The maximum Gasteiger partial charge on any atom is 0.225 e. The summed E-state index contributed by atoms with van der Waals surface area (Å²) >= 11 is 6.43. The van der Waals surface area contributed by atoms with Crippen molar-refractivity contribution in [3.05, 3.63) is 64.9 Å². The van der Waals surface area contributed by atoms with Gasteiger partial charge >= 0.3 is 0 Å². The Balaban J connectivity index is 1.36. The van der Waals surface area contributed by atoms with Crippen molar-refractivity contribution in [1.82, 2.24) is 19.4 Å². The number of carbonyl (C=O) groups is 1. The average Bonchev–Trinajstić information content (AvgIpc) is 3.54. The van der Waals surface area contributed by atoms with E-state index in [1.54, 1.807) is 0 Å². The summed E-state index contributed by atoms with van der Waals surface area (Å²) in [5.74, 6) is 1.71. The summed E-state index contributed by atoms with van der Waals surface area (Å²) in [4.78, 5) is 21.7. The molecule has 2 heterocycles. The molecular weight excluding hydrogens is 384 g/mol. The van der Waals surface area contributed by atoms with Gasteiger partial charge in [-0.15, -0.1) is 0 Å². The number of amides is 1. The van der Waals surface area contributed by atoms with Gasteiger partial charge in [-0.25, -0.2) is 4.98 Å². The van der Waals surface area contributed by atoms with E-state index < -0.39 is 0 Å². The van der Waals surface area contributed by atoms with Crippen molar-refractivity contribution < 1.29 is 4.79 Å². The van der Waals surface area contributed by atoms with Crippen LogP contribution in [-0.4, -0.2) is 51.4 Å². The smallest absolute Gasteiger partial charge is 0.225 e. The van der Waals surface area contributed by atoms with Crippen LogP contribution in [0.25, 0.3) is 11.0 Å². The zero-order valence-corrected chi connectivity index (χ0v) is 17.2. The first-order valence-corrected chi connectivity index (χ1v) is 10.8. The molecule has 5 nitrogen and oxygen atoms in total. The average molecular weight is 409 g/mol. The monoisotopic (exact) mass is 408 g/mol. The summed E-state index contributed by atoms with van der Waals surface area (Å²) < 4.78 is 2.28. The van der Waals surface area contributed by atoms with Gasteiger partial charge in [0.05, 0.1) is 24.1 Å². The fraction of sp³-hybridized carbons (Fsp3) is 0.391. The molecule has 150 valence electrons. The predicted molar refractivity (Wildman–Crippen MR) is 115 cm³/mol. The van der Waals surface area contributed by atoms with Crippen LogP contribution in [0.3, 0.4) is 0 Å². The molecule has 0 atom stereocenters. The number of para-hydroxylation sites is 2. The quantitative estimate of drug-likeness (QED) is 0.645. The molecule has 1 amide bonds. The second-order valence-corrected chi connectivity index (χ2v) is 8.48. The molecule has 0 bridgehead atoms. The van der Waals surface area contributed by atoms with Crippen molar-refractivity contribution in [1.29, 1.82) is 0 Å². The Morgan fingerprint density at radius 2 is 1.69 bits per heavy atom. The van der Waals surface area contributed by atoms with E-state index in [0.717, 1.165) is 73.0 Å². The lowest BCUT2D eigenvalue weighted by Gasteiger charge is -2.34. The molecule has 3 aromatic rings. The van der Waals surface area contributed by atoms with Crippen molar-refractivity contribution in [2.24, 2.45) is 5.92 Å². The lowest BCUT2D eigenvalue weighted by Crippen LogP contribution is -2.49. The highest BCUT2D eigenvalue weighted by atomic mass is 35.5. The van der Waals surface area contributed by atoms with Crippen molar-refractivity contribution in [2.45, 2.75) is 25.9 Å². The van der Waals surface area contributed by atoms with E-state index in [4.69, 9.17) is 16.6 Å². The molecule has 29 heavy (non-hydrogen) atoms. The molecular formula is C23H25ClN4O. The Bertz CT molecular complexity index is 1030. The highest BCUT2D eigenvalue weighted by Gasteiger charge is 2.34. The molecule has 1 saturated heterocycles. The molecule has 6 heteroatoms. The molecule has 2 fully saturated rings. The minimum absolute atomic E-state index is 0.307. The van der Waals surface area contributed by atoms with Gasteiger partial charge in [0.1, 0.15) is 5.82 Å². The van der Waals surface area contributed by atoms with E-state index in [9.17, 15) is 4.79 Å². The lowest BCUT2D eigenvalue weighted by molar-refractivity contribution is -0.134. The summed E-state index contributed by atoms with van der Waals surface area (Å²) in [5.41, 5.74) is 3.24. The lowest BCUT2D eigenvalue weighted by atomic mass is 10.2. The zero-order valence-electron chi connectivity index (χ0n) is 16.4. The van der Waals surface area contributed by atoms with Gasteiger partial charge in [0.15, 0.2) is 0 Å². The number of piperazine rings is 1. The largest absolute Gasteiger partial charge is 0.340 e. The number of hydrogen-bond acceptors (Lipinski definition) is 3. The number of imidazole rings is 1. The number of benzene rings is 2. The van der Waals surface area contributed by atoms with E-state index in [1.807, 2.05) is 29.2 Å². The van der Waals surface area contributed by atoms with E-state index in [2.05, 4.69) is 33.7 Å². The van der Waals surface area contributed by atoms with Crippen LogP contribution < -0.4 is 0 Å². The van der Waals surface area contributed by atoms with Gasteiger partial charge in [0.2, 0.25) is 5.91 Å². The molecule has 2 aromatic carbocycles. The summed E-state index contributed by atoms with van der Waals surface area (Å²) in [6.07, 6.45) is 2.15. The number of fused-ring (bicyclic) bond motifs is 1. The number of halogens is 1. The molecule has 1 aliphatic heterocycles. The van der Waals surface area contributed by atoms with Crippen LogP contribution in [0.1, 0.15) is 24.2 Å². The topological polar surface area (TPSA) is 41.4 Å². The second kappa shape index (κ2) is 7.81. The van der Waals surface area contributed by atoms with Gasteiger partial charge in [-0.3, -0.25) is 9.69 Å². The van der Waals surface area contributed by atoms with Crippen LogP contribution in [0, 0.1) is 5.92 Å². The first kappa shape index (κ1) is 18.6. The SMILES string of the molecule is O=C(C1CC1)N1CCN(Cc2nc3ccccc3n2Cc2ccccc2Cl)CC1. The van der Waals surface area contributed by atoms with Gasteiger partial charge in [-0.05, 0) is 36.6 Å². The second-order valence-electron chi connectivity index (χ2n) is 8.07. The minimum atomic E-state index is 0.307. The highest BCUT2D eigenvalue weighted by Crippen LogP contribution is 2.31. The minimum Gasteiger partial charge on any atom is -0.340 e. The molecule has 1 aromatic heterocycles. The van der Waals surface area contributed by atoms with Crippen LogP contribution in [0.15, 0.2) is 48.5 Å². The summed E-state index contributed by atoms with van der Waals surface area (Å²) in [6.45, 7) is 4.92. The molecule has 0 unspecified atom stereocenters. The molecule has 2 aliphatic rings. The maximum atomic E-state index is 12.3. The van der Waals surface area contributed by atoms with E-state index in [1.165, 1.54) is 0 Å². The standard InChI is InChI=1S/C23H25ClN4O/c24-19-6-2-1-5-18(19)15-28-21-8-4-3-7-20(21)25-22(28)16-26-11-13-27(14-12-26)23(29)17-9-10-17/h1-8,17H,9-16H2. The Morgan fingerprint density at radius 3 is 2.45 bits per heavy atom. The van der Waals surface area contributed by atoms with Gasteiger partial charge in [0.25, 0.3) is 0 Å². The van der Waals surface area contributed by atoms with Crippen LogP contribution in [-0.2, 0) is 17.9 Å². The van der Waals surface area contributed by atoms with Crippen LogP contribution >= 0.6 is 11.6 Å². The fourth-order valence-corrected chi connectivity index (χ4v) is 4.33. The Kier molecular flexibility index (Phi) is 5.02. The first-order chi connectivity index (χ1) is 14.2. The van der Waals surface area contributed by atoms with Gasteiger partial charge in [-0.2, -0.15) is 0 Å². The van der Waals surface area contributed by atoms with Crippen molar-refractivity contribution in [3.63, 3.8) is 0 Å². The fourth-order valence-electron chi connectivity index (χ4n) is 4.13. The first-order valence-electron chi connectivity index (χ1n) is 10.4. The molecule has 0 radical (unpaired) electrons. The Hall–Kier alpha value is -2.37. The Labute approximate surface area is 175 Å². The maximum absolute atomic E-state index is 12.3. The van der Waals surface area contributed by atoms with Crippen molar-refractivity contribution >= 4 is 28.5 Å². The Morgan fingerprint density at radius 1 is 0.966 bits per heavy atom. The molecule has 1 saturated carbocycles. The number of carbonyl (C=O) groups excluding carboxylic acids is 1.